The molecule has 1 heterocycles. The zero-order valence-corrected chi connectivity index (χ0v) is 7.75. The maximum absolute atomic E-state index is 12.2. The normalized spacial score (nSPS) is 10.5. The van der Waals surface area contributed by atoms with E-state index in [0.29, 0.717) is 6.29 Å². The summed E-state index contributed by atoms with van der Waals surface area (Å²) in [5.41, 5.74) is -0.948. The van der Waals surface area contributed by atoms with Gasteiger partial charge in [0.2, 0.25) is 0 Å². The van der Waals surface area contributed by atoms with E-state index in [-0.39, 0.29) is 10.2 Å². The molecule has 70 valence electrons. The molecule has 0 spiro atoms. The second kappa shape index (κ2) is 3.78. The summed E-state index contributed by atoms with van der Waals surface area (Å²) in [5.74, 6) is -0.638. The number of carbonyl (C=O) groups is 1. The Balaban J connectivity index is 3.32. The first-order valence-electron chi connectivity index (χ1n) is 3.19. The van der Waals surface area contributed by atoms with Gasteiger partial charge in [0.05, 0.1) is 4.47 Å². The van der Waals surface area contributed by atoms with Crippen molar-refractivity contribution in [1.82, 2.24) is 4.98 Å². The number of aromatic nitrogens is 1. The van der Waals surface area contributed by atoms with Crippen molar-refractivity contribution in [3.8, 4) is 5.75 Å². The largest absolute Gasteiger partial charge is 0.505 e. The summed E-state index contributed by atoms with van der Waals surface area (Å²) in [6.45, 7) is 0. The van der Waals surface area contributed by atoms with Gasteiger partial charge in [0, 0.05) is 0 Å². The van der Waals surface area contributed by atoms with Gasteiger partial charge in [0.1, 0.15) is 11.4 Å². The Morgan fingerprint density at radius 3 is 2.69 bits per heavy atom. The molecule has 13 heavy (non-hydrogen) atoms. The van der Waals surface area contributed by atoms with E-state index in [0.717, 1.165) is 6.07 Å². The molecule has 1 N–H and O–H groups in total. The van der Waals surface area contributed by atoms with Crippen molar-refractivity contribution in [2.24, 2.45) is 0 Å². The number of halogens is 3. The van der Waals surface area contributed by atoms with Crippen molar-refractivity contribution in [1.29, 1.82) is 0 Å². The summed E-state index contributed by atoms with van der Waals surface area (Å²) in [6, 6.07) is 1.16. The summed E-state index contributed by atoms with van der Waals surface area (Å²) in [7, 11) is 0. The molecular formula is C7H4BrF2NO2. The van der Waals surface area contributed by atoms with Crippen LogP contribution in [0.25, 0.3) is 0 Å². The van der Waals surface area contributed by atoms with Crippen LogP contribution in [0.1, 0.15) is 22.6 Å². The minimum Gasteiger partial charge on any atom is -0.505 e. The molecule has 0 unspecified atom stereocenters. The fourth-order valence-corrected chi connectivity index (χ4v) is 1.20. The van der Waals surface area contributed by atoms with Crippen molar-refractivity contribution in [2.75, 3.05) is 0 Å². The molecule has 0 saturated heterocycles. The van der Waals surface area contributed by atoms with Crippen molar-refractivity contribution in [3.63, 3.8) is 0 Å². The van der Waals surface area contributed by atoms with Crippen molar-refractivity contribution in [3.05, 3.63) is 21.9 Å². The predicted octanol–water partition coefficient (Wildman–Crippen LogP) is 2.30. The summed E-state index contributed by atoms with van der Waals surface area (Å²) >= 11 is 2.82. The highest BCUT2D eigenvalue weighted by atomic mass is 79.9. The van der Waals surface area contributed by atoms with Gasteiger partial charge in [-0.1, -0.05) is 0 Å². The lowest BCUT2D eigenvalue weighted by Crippen LogP contribution is -1.96. The van der Waals surface area contributed by atoms with Gasteiger partial charge in [-0.05, 0) is 22.0 Å². The molecular weight excluding hydrogens is 248 g/mol. The predicted molar refractivity (Wildman–Crippen MR) is 43.9 cm³/mol. The number of hydrogen-bond acceptors (Lipinski definition) is 3. The second-order valence-electron chi connectivity index (χ2n) is 2.18. The molecule has 0 radical (unpaired) electrons. The Labute approximate surface area is 80.5 Å². The van der Waals surface area contributed by atoms with E-state index in [4.69, 9.17) is 5.11 Å². The van der Waals surface area contributed by atoms with Gasteiger partial charge in [-0.25, -0.2) is 13.8 Å². The molecule has 0 bridgehead atoms. The van der Waals surface area contributed by atoms with Crippen LogP contribution in [0.4, 0.5) is 8.78 Å². The minimum atomic E-state index is -2.91. The lowest BCUT2D eigenvalue weighted by atomic mass is 10.3. The van der Waals surface area contributed by atoms with Gasteiger partial charge in [-0.2, -0.15) is 0 Å². The van der Waals surface area contributed by atoms with Crippen LogP contribution in [0.5, 0.6) is 5.75 Å². The molecule has 0 aliphatic rings. The van der Waals surface area contributed by atoms with E-state index in [2.05, 4.69) is 20.9 Å². The molecule has 0 fully saturated rings. The van der Waals surface area contributed by atoms with E-state index in [1.807, 2.05) is 0 Å². The SMILES string of the molecule is O=Cc1cc(Br)c(O)c(C(F)F)n1. The number of aldehydes is 1. The lowest BCUT2D eigenvalue weighted by molar-refractivity contribution is 0.111. The van der Waals surface area contributed by atoms with Gasteiger partial charge in [-0.15, -0.1) is 0 Å². The minimum absolute atomic E-state index is 0.0277. The van der Waals surface area contributed by atoms with Gasteiger partial charge >= 0.3 is 0 Å². The Bertz CT molecular complexity index is 344. The fourth-order valence-electron chi connectivity index (χ4n) is 0.757. The molecule has 0 aromatic carbocycles. The Kier molecular flexibility index (Phi) is 2.92. The van der Waals surface area contributed by atoms with Crippen LogP contribution in [0.15, 0.2) is 10.5 Å². The summed E-state index contributed by atoms with van der Waals surface area (Å²) in [6.07, 6.45) is -2.58. The second-order valence-corrected chi connectivity index (χ2v) is 3.04. The van der Waals surface area contributed by atoms with Gasteiger partial charge in [0.25, 0.3) is 6.43 Å². The van der Waals surface area contributed by atoms with Gasteiger partial charge < -0.3 is 5.11 Å². The van der Waals surface area contributed by atoms with Crippen LogP contribution >= 0.6 is 15.9 Å². The van der Waals surface area contributed by atoms with Crippen LogP contribution < -0.4 is 0 Å². The highest BCUT2D eigenvalue weighted by Crippen LogP contribution is 2.32. The lowest BCUT2D eigenvalue weighted by Gasteiger charge is -2.04. The quantitative estimate of drug-likeness (QED) is 0.821. The third kappa shape index (κ3) is 2.00. The molecule has 1 aromatic rings. The number of hydrogen-bond donors (Lipinski definition) is 1. The molecule has 0 saturated carbocycles. The molecule has 0 atom stereocenters. The maximum Gasteiger partial charge on any atom is 0.284 e. The monoisotopic (exact) mass is 251 g/mol. The van der Waals surface area contributed by atoms with Gasteiger partial charge in [0.15, 0.2) is 12.0 Å². The van der Waals surface area contributed by atoms with Crippen LogP contribution in [0.2, 0.25) is 0 Å². The first kappa shape index (κ1) is 10.0. The Hall–Kier alpha value is -1.04. The molecule has 0 aliphatic heterocycles. The summed E-state index contributed by atoms with van der Waals surface area (Å²) < 4.78 is 24.4. The molecule has 6 heteroatoms. The first-order chi connectivity index (χ1) is 6.06. The summed E-state index contributed by atoms with van der Waals surface area (Å²) in [5, 5.41) is 9.08. The third-order valence-electron chi connectivity index (χ3n) is 1.32. The van der Waals surface area contributed by atoms with Crippen molar-refractivity contribution < 1.29 is 18.7 Å². The standard InChI is InChI=1S/C7H4BrF2NO2/c8-4-1-3(2-12)11-5(6(4)13)7(9)10/h1-2,7,13H. The van der Waals surface area contributed by atoms with Crippen molar-refractivity contribution in [2.45, 2.75) is 6.43 Å². The van der Waals surface area contributed by atoms with Crippen LogP contribution in [0, 0.1) is 0 Å². The van der Waals surface area contributed by atoms with Crippen LogP contribution in [-0.4, -0.2) is 16.4 Å². The zero-order chi connectivity index (χ0) is 10.0. The number of pyridine rings is 1. The molecule has 3 nitrogen and oxygen atoms in total. The third-order valence-corrected chi connectivity index (χ3v) is 1.92. The Morgan fingerprint density at radius 1 is 1.62 bits per heavy atom. The van der Waals surface area contributed by atoms with Crippen LogP contribution in [-0.2, 0) is 0 Å². The van der Waals surface area contributed by atoms with Gasteiger partial charge in [-0.3, -0.25) is 4.79 Å². The van der Waals surface area contributed by atoms with Crippen molar-refractivity contribution >= 4 is 22.2 Å². The molecule has 0 aliphatic carbocycles. The molecule has 1 aromatic heterocycles. The van der Waals surface area contributed by atoms with E-state index in [9.17, 15) is 13.6 Å². The van der Waals surface area contributed by atoms with Crippen LogP contribution in [0.3, 0.4) is 0 Å². The fraction of sp³-hybridized carbons (Fsp3) is 0.143. The van der Waals surface area contributed by atoms with E-state index in [1.54, 1.807) is 0 Å². The average molecular weight is 252 g/mol. The van der Waals surface area contributed by atoms with E-state index in [1.165, 1.54) is 0 Å². The topological polar surface area (TPSA) is 50.2 Å². The number of nitrogens with zero attached hydrogens (tertiary/aromatic N) is 1. The molecule has 1 rings (SSSR count). The number of alkyl halides is 2. The number of aromatic hydroxyl groups is 1. The highest BCUT2D eigenvalue weighted by Gasteiger charge is 2.18. The number of rotatable bonds is 2. The summed E-state index contributed by atoms with van der Waals surface area (Å²) in [4.78, 5) is 13.5. The highest BCUT2D eigenvalue weighted by molar-refractivity contribution is 9.10. The first-order valence-corrected chi connectivity index (χ1v) is 3.98. The van der Waals surface area contributed by atoms with E-state index < -0.39 is 17.9 Å². The molecule has 0 amide bonds. The van der Waals surface area contributed by atoms with E-state index >= 15 is 0 Å². The zero-order valence-electron chi connectivity index (χ0n) is 6.17. The average Bonchev–Trinajstić information content (AvgIpc) is 2.09. The Morgan fingerprint density at radius 2 is 2.23 bits per heavy atom. The smallest absolute Gasteiger partial charge is 0.284 e. The maximum atomic E-state index is 12.2. The number of carbonyl (C=O) groups excluding carboxylic acids is 1.